The van der Waals surface area contributed by atoms with E-state index in [1.807, 2.05) is 30.3 Å². The van der Waals surface area contributed by atoms with Gasteiger partial charge < -0.3 is 14.2 Å². The van der Waals surface area contributed by atoms with Gasteiger partial charge in [0.25, 0.3) is 0 Å². The molecule has 0 aromatic heterocycles. The average molecular weight is 376 g/mol. The molecule has 0 amide bonds. The summed E-state index contributed by atoms with van der Waals surface area (Å²) in [5.41, 5.74) is 1.03. The average Bonchev–Trinajstić information content (AvgIpc) is 2.69. The fourth-order valence-corrected chi connectivity index (χ4v) is 3.21. The molecule has 1 saturated heterocycles. The van der Waals surface area contributed by atoms with Crippen molar-refractivity contribution in [2.24, 2.45) is 5.92 Å². The van der Waals surface area contributed by atoms with Crippen LogP contribution in [-0.4, -0.2) is 25.3 Å². The maximum atomic E-state index is 14.2. The molecule has 0 radical (unpaired) electrons. The molecule has 0 N–H and O–H groups in total. The first kappa shape index (κ1) is 19.5. The Labute approximate surface area is 157 Å². The van der Waals surface area contributed by atoms with Crippen LogP contribution in [0.15, 0.2) is 48.5 Å². The number of hydrogen-bond donors (Lipinski definition) is 0. The van der Waals surface area contributed by atoms with Crippen LogP contribution in [0.4, 0.5) is 8.78 Å². The first-order valence-electron chi connectivity index (χ1n) is 8.97. The first-order valence-corrected chi connectivity index (χ1v) is 8.97. The topological polar surface area (TPSA) is 44.8 Å². The van der Waals surface area contributed by atoms with E-state index in [4.69, 9.17) is 14.2 Å². The minimum absolute atomic E-state index is 0.0227. The van der Waals surface area contributed by atoms with E-state index in [-0.39, 0.29) is 24.9 Å². The number of carbonyl (C=O) groups is 1. The molecule has 144 valence electrons. The molecule has 2 aromatic carbocycles. The van der Waals surface area contributed by atoms with Crippen LogP contribution in [0, 0.1) is 17.6 Å². The maximum Gasteiger partial charge on any atom is 0.312 e. The van der Waals surface area contributed by atoms with Crippen LogP contribution in [0.3, 0.4) is 0 Å². The SMILES string of the molecule is CCOC(=O)[C@H]1CC(OCc2ccccc2)CO[C@@H]1c1cc(F)ccc1F. The van der Waals surface area contributed by atoms with Gasteiger partial charge >= 0.3 is 5.97 Å². The molecule has 0 saturated carbocycles. The summed E-state index contributed by atoms with van der Waals surface area (Å²) in [6, 6.07) is 12.8. The Morgan fingerprint density at radius 3 is 2.70 bits per heavy atom. The lowest BCUT2D eigenvalue weighted by Gasteiger charge is -2.35. The molecule has 0 aliphatic carbocycles. The molecule has 2 aromatic rings. The Balaban J connectivity index is 1.74. The summed E-state index contributed by atoms with van der Waals surface area (Å²) in [6.07, 6.45) is -0.935. The van der Waals surface area contributed by atoms with Gasteiger partial charge in [-0.25, -0.2) is 8.78 Å². The lowest BCUT2D eigenvalue weighted by atomic mass is 9.88. The molecule has 1 aliphatic rings. The van der Waals surface area contributed by atoms with Crippen LogP contribution in [-0.2, 0) is 25.6 Å². The summed E-state index contributed by atoms with van der Waals surface area (Å²) in [6.45, 7) is 2.46. The summed E-state index contributed by atoms with van der Waals surface area (Å²) in [5, 5.41) is 0. The van der Waals surface area contributed by atoms with Crippen molar-refractivity contribution >= 4 is 5.97 Å². The van der Waals surface area contributed by atoms with Crippen molar-refractivity contribution < 1.29 is 27.8 Å². The number of esters is 1. The van der Waals surface area contributed by atoms with Crippen molar-refractivity contribution in [3.63, 3.8) is 0 Å². The molecular formula is C21H22F2O4. The van der Waals surface area contributed by atoms with E-state index in [2.05, 4.69) is 0 Å². The van der Waals surface area contributed by atoms with E-state index in [0.717, 1.165) is 23.8 Å². The zero-order chi connectivity index (χ0) is 19.2. The lowest BCUT2D eigenvalue weighted by molar-refractivity contribution is -0.170. The number of ether oxygens (including phenoxy) is 3. The highest BCUT2D eigenvalue weighted by Gasteiger charge is 2.40. The van der Waals surface area contributed by atoms with Crippen molar-refractivity contribution in [3.8, 4) is 0 Å². The van der Waals surface area contributed by atoms with Crippen molar-refractivity contribution in [3.05, 3.63) is 71.3 Å². The third-order valence-electron chi connectivity index (χ3n) is 4.53. The zero-order valence-electron chi connectivity index (χ0n) is 15.1. The number of carbonyl (C=O) groups excluding carboxylic acids is 1. The molecule has 6 heteroatoms. The third-order valence-corrected chi connectivity index (χ3v) is 4.53. The second kappa shape index (κ2) is 9.06. The first-order chi connectivity index (χ1) is 13.1. The molecule has 1 aliphatic heterocycles. The van der Waals surface area contributed by atoms with E-state index in [0.29, 0.717) is 13.0 Å². The summed E-state index contributed by atoms with van der Waals surface area (Å²) in [5.74, 6) is -2.46. The molecular weight excluding hydrogens is 354 g/mol. The summed E-state index contributed by atoms with van der Waals surface area (Å²) >= 11 is 0. The van der Waals surface area contributed by atoms with E-state index in [1.165, 1.54) is 0 Å². The van der Waals surface area contributed by atoms with Gasteiger partial charge in [-0.2, -0.15) is 0 Å². The normalized spacial score (nSPS) is 22.4. The van der Waals surface area contributed by atoms with Crippen molar-refractivity contribution in [2.45, 2.75) is 32.2 Å². The zero-order valence-corrected chi connectivity index (χ0v) is 15.1. The maximum absolute atomic E-state index is 14.2. The number of halogens is 2. The minimum Gasteiger partial charge on any atom is -0.466 e. The van der Waals surface area contributed by atoms with Gasteiger partial charge in [0, 0.05) is 5.56 Å². The smallest absolute Gasteiger partial charge is 0.312 e. The lowest BCUT2D eigenvalue weighted by Crippen LogP contribution is -2.39. The van der Waals surface area contributed by atoms with Gasteiger partial charge in [-0.3, -0.25) is 4.79 Å². The van der Waals surface area contributed by atoms with Crippen LogP contribution in [0.25, 0.3) is 0 Å². The van der Waals surface area contributed by atoms with Crippen molar-refractivity contribution in [1.29, 1.82) is 0 Å². The minimum atomic E-state index is -0.906. The summed E-state index contributed by atoms with van der Waals surface area (Å²) < 4.78 is 44.6. The Morgan fingerprint density at radius 1 is 1.19 bits per heavy atom. The highest BCUT2D eigenvalue weighted by molar-refractivity contribution is 5.73. The van der Waals surface area contributed by atoms with E-state index < -0.39 is 29.6 Å². The quantitative estimate of drug-likeness (QED) is 0.709. The number of benzene rings is 2. The van der Waals surface area contributed by atoms with Gasteiger partial charge in [-0.1, -0.05) is 30.3 Å². The van der Waals surface area contributed by atoms with Gasteiger partial charge in [0.2, 0.25) is 0 Å². The predicted molar refractivity (Wildman–Crippen MR) is 94.8 cm³/mol. The molecule has 3 rings (SSSR count). The largest absolute Gasteiger partial charge is 0.466 e. The second-order valence-electron chi connectivity index (χ2n) is 6.43. The van der Waals surface area contributed by atoms with Crippen LogP contribution in [0.5, 0.6) is 0 Å². The van der Waals surface area contributed by atoms with Crippen LogP contribution >= 0.6 is 0 Å². The Kier molecular flexibility index (Phi) is 6.53. The van der Waals surface area contributed by atoms with Gasteiger partial charge in [0.05, 0.1) is 37.9 Å². The Morgan fingerprint density at radius 2 is 1.96 bits per heavy atom. The fraction of sp³-hybridized carbons (Fsp3) is 0.381. The Bertz CT molecular complexity index is 766. The van der Waals surface area contributed by atoms with E-state index in [9.17, 15) is 13.6 Å². The molecule has 27 heavy (non-hydrogen) atoms. The highest BCUT2D eigenvalue weighted by Crippen LogP contribution is 2.37. The molecule has 3 atom stereocenters. The second-order valence-corrected chi connectivity index (χ2v) is 6.43. The molecule has 0 bridgehead atoms. The summed E-state index contributed by atoms with van der Waals surface area (Å²) in [7, 11) is 0. The molecule has 1 fully saturated rings. The molecule has 1 unspecified atom stereocenters. The van der Waals surface area contributed by atoms with Crippen molar-refractivity contribution in [2.75, 3.05) is 13.2 Å². The number of rotatable bonds is 6. The Hall–Kier alpha value is -2.31. The van der Waals surface area contributed by atoms with E-state index >= 15 is 0 Å². The predicted octanol–water partition coefficient (Wildman–Crippen LogP) is 4.19. The van der Waals surface area contributed by atoms with Gasteiger partial charge in [-0.15, -0.1) is 0 Å². The fourth-order valence-electron chi connectivity index (χ4n) is 3.21. The van der Waals surface area contributed by atoms with Crippen LogP contribution < -0.4 is 0 Å². The number of hydrogen-bond acceptors (Lipinski definition) is 4. The molecule has 4 nitrogen and oxygen atoms in total. The molecule has 0 spiro atoms. The summed E-state index contributed by atoms with van der Waals surface area (Å²) in [4.78, 5) is 12.4. The van der Waals surface area contributed by atoms with Gasteiger partial charge in [0.1, 0.15) is 11.6 Å². The standard InChI is InChI=1S/C21H22F2O4/c1-2-25-21(24)18-11-16(26-12-14-6-4-3-5-7-14)13-27-20(18)17-10-15(22)8-9-19(17)23/h3-10,16,18,20H,2,11-13H2,1H3/t16?,18-,20+/m0/s1. The van der Waals surface area contributed by atoms with Crippen LogP contribution in [0.2, 0.25) is 0 Å². The van der Waals surface area contributed by atoms with Gasteiger partial charge in [0.15, 0.2) is 0 Å². The third kappa shape index (κ3) is 4.90. The van der Waals surface area contributed by atoms with E-state index in [1.54, 1.807) is 6.92 Å². The van der Waals surface area contributed by atoms with Gasteiger partial charge in [-0.05, 0) is 37.1 Å². The monoisotopic (exact) mass is 376 g/mol. The van der Waals surface area contributed by atoms with Crippen LogP contribution in [0.1, 0.15) is 30.6 Å². The highest BCUT2D eigenvalue weighted by atomic mass is 19.1. The van der Waals surface area contributed by atoms with Crippen molar-refractivity contribution in [1.82, 2.24) is 0 Å². The molecule has 1 heterocycles.